The van der Waals surface area contributed by atoms with Gasteiger partial charge in [-0.3, -0.25) is 9.59 Å². The molecule has 2 aliphatic rings. The number of para-hydroxylation sites is 1. The third-order valence-corrected chi connectivity index (χ3v) is 7.35. The van der Waals surface area contributed by atoms with Crippen LogP contribution in [-0.4, -0.2) is 45.2 Å². The smallest absolute Gasteiger partial charge is 0.329 e. The quantitative estimate of drug-likeness (QED) is 0.364. The van der Waals surface area contributed by atoms with Gasteiger partial charge in [-0.05, 0) is 29.3 Å². The Morgan fingerprint density at radius 3 is 2.30 bits per heavy atom. The van der Waals surface area contributed by atoms with Crippen LogP contribution in [0.3, 0.4) is 0 Å². The van der Waals surface area contributed by atoms with Gasteiger partial charge in [0.15, 0.2) is 22.7 Å². The molecule has 0 N–H and O–H groups in total. The SMILES string of the molecule is COC(=O)[C@@]1(C#N)[C@H](c2ccc(OC)c(OC)c2)[C@@H](C(=O)c2ccccc2)N2c3ccccc3C=C[C@@H]21. The van der Waals surface area contributed by atoms with Crippen LogP contribution in [0.25, 0.3) is 6.08 Å². The van der Waals surface area contributed by atoms with Crippen LogP contribution in [0.5, 0.6) is 11.5 Å². The molecule has 37 heavy (non-hydrogen) atoms. The third-order valence-electron chi connectivity index (χ3n) is 7.35. The molecule has 2 heterocycles. The molecule has 3 aromatic rings. The van der Waals surface area contributed by atoms with Gasteiger partial charge in [0, 0.05) is 17.2 Å². The number of Topliss-reactive ketones (excluding diaryl/α,β-unsaturated/α-hetero) is 1. The zero-order valence-corrected chi connectivity index (χ0v) is 20.8. The van der Waals surface area contributed by atoms with Crippen molar-refractivity contribution in [3.63, 3.8) is 0 Å². The maximum Gasteiger partial charge on any atom is 0.329 e. The summed E-state index contributed by atoms with van der Waals surface area (Å²) in [6, 6.07) is 22.5. The van der Waals surface area contributed by atoms with Gasteiger partial charge >= 0.3 is 5.97 Å². The number of methoxy groups -OCH3 is 3. The second kappa shape index (κ2) is 9.47. The van der Waals surface area contributed by atoms with E-state index in [1.165, 1.54) is 21.3 Å². The van der Waals surface area contributed by atoms with E-state index in [0.717, 1.165) is 11.3 Å². The van der Waals surface area contributed by atoms with Crippen molar-refractivity contribution in [1.82, 2.24) is 0 Å². The molecule has 1 saturated heterocycles. The van der Waals surface area contributed by atoms with Crippen LogP contribution in [0.2, 0.25) is 0 Å². The van der Waals surface area contributed by atoms with Gasteiger partial charge in [-0.1, -0.05) is 66.7 Å². The number of esters is 1. The zero-order valence-electron chi connectivity index (χ0n) is 20.8. The molecule has 0 aromatic heterocycles. The number of rotatable bonds is 6. The van der Waals surface area contributed by atoms with Gasteiger partial charge < -0.3 is 19.1 Å². The lowest BCUT2D eigenvalue weighted by Crippen LogP contribution is -2.46. The maximum atomic E-state index is 14.3. The zero-order chi connectivity index (χ0) is 26.2. The van der Waals surface area contributed by atoms with Crippen molar-refractivity contribution in [2.75, 3.05) is 26.2 Å². The Hall–Kier alpha value is -4.57. The summed E-state index contributed by atoms with van der Waals surface area (Å²) in [5, 5.41) is 10.8. The Balaban J connectivity index is 1.83. The average molecular weight is 495 g/mol. The topological polar surface area (TPSA) is 88.9 Å². The van der Waals surface area contributed by atoms with Gasteiger partial charge in [0.2, 0.25) is 0 Å². The van der Waals surface area contributed by atoms with Gasteiger partial charge in [0.1, 0.15) is 6.04 Å². The third kappa shape index (κ3) is 3.56. The van der Waals surface area contributed by atoms with Crippen LogP contribution in [0.4, 0.5) is 5.69 Å². The molecule has 186 valence electrons. The van der Waals surface area contributed by atoms with Crippen molar-refractivity contribution in [2.24, 2.45) is 5.41 Å². The van der Waals surface area contributed by atoms with Crippen molar-refractivity contribution in [3.8, 4) is 17.6 Å². The van der Waals surface area contributed by atoms with E-state index in [-0.39, 0.29) is 5.78 Å². The lowest BCUT2D eigenvalue weighted by atomic mass is 9.68. The van der Waals surface area contributed by atoms with Crippen LogP contribution in [0, 0.1) is 16.7 Å². The Morgan fingerprint density at radius 1 is 0.919 bits per heavy atom. The maximum absolute atomic E-state index is 14.3. The van der Waals surface area contributed by atoms with Crippen molar-refractivity contribution in [1.29, 1.82) is 5.26 Å². The van der Waals surface area contributed by atoms with E-state index in [2.05, 4.69) is 6.07 Å². The molecule has 0 unspecified atom stereocenters. The van der Waals surface area contributed by atoms with Crippen LogP contribution in [0.15, 0.2) is 78.9 Å². The molecule has 0 spiro atoms. The summed E-state index contributed by atoms with van der Waals surface area (Å²) in [6.07, 6.45) is 3.72. The Kier molecular flexibility index (Phi) is 6.18. The van der Waals surface area contributed by atoms with Gasteiger partial charge in [-0.15, -0.1) is 0 Å². The molecule has 0 aliphatic carbocycles. The highest BCUT2D eigenvalue weighted by Crippen LogP contribution is 2.57. The second-order valence-electron chi connectivity index (χ2n) is 9.01. The number of hydrogen-bond acceptors (Lipinski definition) is 7. The summed E-state index contributed by atoms with van der Waals surface area (Å²) in [5.74, 6) is -0.839. The molecule has 0 saturated carbocycles. The number of nitriles is 1. The van der Waals surface area contributed by atoms with E-state index in [1.807, 2.05) is 47.4 Å². The lowest BCUT2D eigenvalue weighted by molar-refractivity contribution is -0.150. The summed E-state index contributed by atoms with van der Waals surface area (Å²) in [7, 11) is 4.32. The van der Waals surface area contributed by atoms with Gasteiger partial charge in [-0.25, -0.2) is 0 Å². The lowest BCUT2D eigenvalue weighted by Gasteiger charge is -2.36. The molecule has 0 amide bonds. The molecule has 0 radical (unpaired) electrons. The van der Waals surface area contributed by atoms with E-state index < -0.39 is 29.4 Å². The fourth-order valence-electron chi connectivity index (χ4n) is 5.73. The molecule has 5 rings (SSSR count). The van der Waals surface area contributed by atoms with Crippen LogP contribution >= 0.6 is 0 Å². The molecular weight excluding hydrogens is 468 g/mol. The summed E-state index contributed by atoms with van der Waals surface area (Å²) in [4.78, 5) is 29.8. The number of carbonyl (C=O) groups is 2. The Labute approximate surface area is 215 Å². The number of ether oxygens (including phenoxy) is 3. The molecule has 0 bridgehead atoms. The second-order valence-corrected chi connectivity index (χ2v) is 9.01. The highest BCUT2D eigenvalue weighted by atomic mass is 16.5. The molecule has 7 nitrogen and oxygen atoms in total. The first-order chi connectivity index (χ1) is 18.0. The molecule has 3 aromatic carbocycles. The van der Waals surface area contributed by atoms with Crippen molar-refractivity contribution in [2.45, 2.75) is 18.0 Å². The minimum Gasteiger partial charge on any atom is -0.493 e. The number of carbonyl (C=O) groups excluding carboxylic acids is 2. The Morgan fingerprint density at radius 2 is 1.62 bits per heavy atom. The van der Waals surface area contributed by atoms with E-state index >= 15 is 0 Å². The van der Waals surface area contributed by atoms with Crippen molar-refractivity contribution < 1.29 is 23.8 Å². The summed E-state index contributed by atoms with van der Waals surface area (Å²) < 4.78 is 16.2. The number of anilines is 1. The van der Waals surface area contributed by atoms with Crippen LogP contribution < -0.4 is 14.4 Å². The minimum absolute atomic E-state index is 0.198. The van der Waals surface area contributed by atoms with Gasteiger partial charge in [0.05, 0.1) is 33.4 Å². The average Bonchev–Trinajstić information content (AvgIpc) is 3.28. The highest BCUT2D eigenvalue weighted by Gasteiger charge is 2.67. The fourth-order valence-corrected chi connectivity index (χ4v) is 5.73. The standard InChI is InChI=1S/C30H26N2O5/c1-35-23-15-13-21(17-24(23)36-2)26-27(28(33)20-10-5-4-6-11-20)32-22-12-8-7-9-19(22)14-16-25(32)30(26,18-31)29(34)37-3/h4-17,25-27H,1-3H3/t25-,26-,27+,30-/m1/s1. The predicted octanol–water partition coefficient (Wildman–Crippen LogP) is 4.64. The summed E-state index contributed by atoms with van der Waals surface area (Å²) in [5.41, 5.74) is 1.04. The summed E-state index contributed by atoms with van der Waals surface area (Å²) in [6.45, 7) is 0. The van der Waals surface area contributed by atoms with E-state index in [4.69, 9.17) is 14.2 Å². The van der Waals surface area contributed by atoms with Crippen LogP contribution in [-0.2, 0) is 9.53 Å². The molecule has 7 heteroatoms. The largest absolute Gasteiger partial charge is 0.493 e. The van der Waals surface area contributed by atoms with Crippen molar-refractivity contribution >= 4 is 23.5 Å². The first-order valence-electron chi connectivity index (χ1n) is 11.9. The molecular formula is C30H26N2O5. The normalized spacial score (nSPS) is 23.4. The Bertz CT molecular complexity index is 1430. The van der Waals surface area contributed by atoms with Gasteiger partial charge in [0.25, 0.3) is 0 Å². The molecule has 1 fully saturated rings. The number of fused-ring (bicyclic) bond motifs is 3. The number of ketones is 1. The van der Waals surface area contributed by atoms with Crippen LogP contribution in [0.1, 0.15) is 27.4 Å². The van der Waals surface area contributed by atoms with Crippen molar-refractivity contribution in [3.05, 3.63) is 95.6 Å². The monoisotopic (exact) mass is 494 g/mol. The molecule has 4 atom stereocenters. The first-order valence-corrected chi connectivity index (χ1v) is 11.9. The number of hydrogen-bond donors (Lipinski definition) is 0. The number of nitrogens with zero attached hydrogens (tertiary/aromatic N) is 2. The van der Waals surface area contributed by atoms with E-state index in [0.29, 0.717) is 22.6 Å². The predicted molar refractivity (Wildman–Crippen MR) is 139 cm³/mol. The number of benzene rings is 3. The fraction of sp³-hybridized carbons (Fsp3) is 0.233. The minimum atomic E-state index is -1.71. The molecule has 2 aliphatic heterocycles. The first kappa shape index (κ1) is 24.1. The summed E-state index contributed by atoms with van der Waals surface area (Å²) >= 11 is 0. The highest BCUT2D eigenvalue weighted by molar-refractivity contribution is 6.06. The van der Waals surface area contributed by atoms with Gasteiger partial charge in [-0.2, -0.15) is 5.26 Å². The van der Waals surface area contributed by atoms with E-state index in [1.54, 1.807) is 42.5 Å². The van der Waals surface area contributed by atoms with E-state index in [9.17, 15) is 14.9 Å².